The van der Waals surface area contributed by atoms with Crippen LogP contribution in [0.1, 0.15) is 17.2 Å². The summed E-state index contributed by atoms with van der Waals surface area (Å²) in [6, 6.07) is 7.23. The molecule has 2 N–H and O–H groups in total. The highest BCUT2D eigenvalue weighted by Gasteiger charge is 2.10. The van der Waals surface area contributed by atoms with Gasteiger partial charge >= 0.3 is 5.97 Å². The predicted octanol–water partition coefficient (Wildman–Crippen LogP) is 0.992. The molecule has 0 spiro atoms. The molecule has 0 amide bonds. The Morgan fingerprint density at radius 2 is 2.11 bits per heavy atom. The first-order chi connectivity index (χ1) is 9.08. The van der Waals surface area contributed by atoms with E-state index in [0.717, 1.165) is 11.4 Å². The Kier molecular flexibility index (Phi) is 3.79. The highest BCUT2D eigenvalue weighted by Crippen LogP contribution is 2.12. The molecule has 2 aromatic rings. The summed E-state index contributed by atoms with van der Waals surface area (Å²) in [7, 11) is 1.83. The molecule has 0 bridgehead atoms. The van der Waals surface area contributed by atoms with Crippen molar-refractivity contribution in [1.82, 2.24) is 14.8 Å². The minimum atomic E-state index is -0.335. The topological polar surface area (TPSA) is 83.0 Å². The molecule has 19 heavy (non-hydrogen) atoms. The van der Waals surface area contributed by atoms with Crippen molar-refractivity contribution in [2.45, 2.75) is 20.0 Å². The minimum Gasteiger partial charge on any atom is -0.457 e. The molecule has 0 saturated heterocycles. The first-order valence-corrected chi connectivity index (χ1v) is 5.92. The molecular weight excluding hydrogens is 244 g/mol. The first-order valence-electron chi connectivity index (χ1n) is 5.92. The number of aryl methyl sites for hydroxylation is 1. The van der Waals surface area contributed by atoms with Gasteiger partial charge in [-0.1, -0.05) is 18.2 Å². The van der Waals surface area contributed by atoms with Gasteiger partial charge in [-0.2, -0.15) is 0 Å². The number of rotatable bonds is 4. The van der Waals surface area contributed by atoms with Gasteiger partial charge in [-0.05, 0) is 18.6 Å². The van der Waals surface area contributed by atoms with E-state index in [1.165, 1.54) is 0 Å². The van der Waals surface area contributed by atoms with Crippen molar-refractivity contribution in [2.24, 2.45) is 7.05 Å². The zero-order chi connectivity index (χ0) is 13.8. The van der Waals surface area contributed by atoms with Gasteiger partial charge in [0.1, 0.15) is 5.82 Å². The molecule has 100 valence electrons. The van der Waals surface area contributed by atoms with Crippen LogP contribution in [0.2, 0.25) is 0 Å². The zero-order valence-corrected chi connectivity index (χ0v) is 11.0. The van der Waals surface area contributed by atoms with Gasteiger partial charge in [0.2, 0.25) is 0 Å². The fourth-order valence-electron chi connectivity index (χ4n) is 1.62. The summed E-state index contributed by atoms with van der Waals surface area (Å²) in [5.41, 5.74) is 7.13. The van der Waals surface area contributed by atoms with Gasteiger partial charge in [-0.25, -0.2) is 0 Å². The van der Waals surface area contributed by atoms with E-state index in [1.54, 1.807) is 10.6 Å². The monoisotopic (exact) mass is 260 g/mol. The number of nitrogens with two attached hydrogens (primary N) is 1. The van der Waals surface area contributed by atoms with Crippen molar-refractivity contribution < 1.29 is 9.53 Å². The Morgan fingerprint density at radius 3 is 2.74 bits per heavy atom. The SMILES string of the molecule is Cc1nnc(COC(=O)Cc2ccccc2N)n1C. The second-order valence-corrected chi connectivity index (χ2v) is 4.26. The number of para-hydroxylation sites is 1. The van der Waals surface area contributed by atoms with Gasteiger partial charge in [-0.15, -0.1) is 10.2 Å². The van der Waals surface area contributed by atoms with E-state index in [4.69, 9.17) is 10.5 Å². The molecule has 0 radical (unpaired) electrons. The molecule has 0 aliphatic rings. The highest BCUT2D eigenvalue weighted by molar-refractivity contribution is 5.74. The molecule has 0 atom stereocenters. The summed E-state index contributed by atoms with van der Waals surface area (Å²) in [6.45, 7) is 1.95. The van der Waals surface area contributed by atoms with Gasteiger partial charge < -0.3 is 15.0 Å². The van der Waals surface area contributed by atoms with E-state index in [1.807, 2.05) is 32.2 Å². The molecule has 6 heteroatoms. The van der Waals surface area contributed by atoms with Crippen LogP contribution in [-0.2, 0) is 29.6 Å². The molecule has 0 fully saturated rings. The van der Waals surface area contributed by atoms with Crippen molar-refractivity contribution in [1.29, 1.82) is 0 Å². The molecule has 0 aliphatic carbocycles. The molecule has 1 aromatic heterocycles. The Hall–Kier alpha value is -2.37. The number of hydrogen-bond acceptors (Lipinski definition) is 5. The van der Waals surface area contributed by atoms with Crippen LogP contribution >= 0.6 is 0 Å². The van der Waals surface area contributed by atoms with E-state index in [0.29, 0.717) is 11.5 Å². The van der Waals surface area contributed by atoms with Crippen molar-refractivity contribution in [3.8, 4) is 0 Å². The van der Waals surface area contributed by atoms with Crippen LogP contribution in [0.5, 0.6) is 0 Å². The number of carbonyl (C=O) groups excluding carboxylic acids is 1. The number of nitrogen functional groups attached to an aromatic ring is 1. The van der Waals surface area contributed by atoms with Crippen molar-refractivity contribution >= 4 is 11.7 Å². The number of aromatic nitrogens is 3. The van der Waals surface area contributed by atoms with E-state index in [9.17, 15) is 4.79 Å². The lowest BCUT2D eigenvalue weighted by atomic mass is 10.1. The number of benzene rings is 1. The Balaban J connectivity index is 1.92. The Labute approximate surface area is 111 Å². The average Bonchev–Trinajstić information content (AvgIpc) is 2.70. The summed E-state index contributed by atoms with van der Waals surface area (Å²) < 4.78 is 6.95. The van der Waals surface area contributed by atoms with Crippen LogP contribution in [0.4, 0.5) is 5.69 Å². The second kappa shape index (κ2) is 5.51. The van der Waals surface area contributed by atoms with Crippen LogP contribution in [0.15, 0.2) is 24.3 Å². The maximum absolute atomic E-state index is 11.7. The fourth-order valence-corrected chi connectivity index (χ4v) is 1.62. The summed E-state index contributed by atoms with van der Waals surface area (Å²) >= 11 is 0. The minimum absolute atomic E-state index is 0.114. The molecule has 0 saturated carbocycles. The van der Waals surface area contributed by atoms with Crippen LogP contribution in [-0.4, -0.2) is 20.7 Å². The normalized spacial score (nSPS) is 10.4. The second-order valence-electron chi connectivity index (χ2n) is 4.26. The lowest BCUT2D eigenvalue weighted by Gasteiger charge is -2.06. The Bertz CT molecular complexity index is 592. The smallest absolute Gasteiger partial charge is 0.310 e. The number of hydrogen-bond donors (Lipinski definition) is 1. The summed E-state index contributed by atoms with van der Waals surface area (Å²) in [5.74, 6) is 1.06. The number of ether oxygens (including phenoxy) is 1. The molecule has 0 unspecified atom stereocenters. The van der Waals surface area contributed by atoms with Crippen molar-refractivity contribution in [3.05, 3.63) is 41.5 Å². The Morgan fingerprint density at radius 1 is 1.37 bits per heavy atom. The molecule has 0 aliphatic heterocycles. The lowest BCUT2D eigenvalue weighted by molar-refractivity contribution is -0.144. The van der Waals surface area contributed by atoms with Crippen molar-refractivity contribution in [3.63, 3.8) is 0 Å². The predicted molar refractivity (Wildman–Crippen MR) is 70.1 cm³/mol. The molecule has 1 aromatic carbocycles. The number of anilines is 1. The summed E-state index contributed by atoms with van der Waals surface area (Å²) in [5, 5.41) is 7.82. The summed E-state index contributed by atoms with van der Waals surface area (Å²) in [4.78, 5) is 11.7. The third-order valence-electron chi connectivity index (χ3n) is 2.93. The summed E-state index contributed by atoms with van der Waals surface area (Å²) in [6.07, 6.45) is 0.156. The fraction of sp³-hybridized carbons (Fsp3) is 0.308. The van der Waals surface area contributed by atoms with E-state index in [2.05, 4.69) is 10.2 Å². The van der Waals surface area contributed by atoms with Gasteiger partial charge in [-0.3, -0.25) is 4.79 Å². The zero-order valence-electron chi connectivity index (χ0n) is 11.0. The standard InChI is InChI=1S/C13H16N4O2/c1-9-15-16-12(17(9)2)8-19-13(18)7-10-5-3-4-6-11(10)14/h3-6H,7-8,14H2,1-2H3. The van der Waals surface area contributed by atoms with Crippen LogP contribution in [0.25, 0.3) is 0 Å². The van der Waals surface area contributed by atoms with Gasteiger partial charge in [0, 0.05) is 12.7 Å². The quantitative estimate of drug-likeness (QED) is 0.654. The largest absolute Gasteiger partial charge is 0.457 e. The third kappa shape index (κ3) is 3.09. The van der Waals surface area contributed by atoms with E-state index in [-0.39, 0.29) is 19.0 Å². The van der Waals surface area contributed by atoms with Crippen molar-refractivity contribution in [2.75, 3.05) is 5.73 Å². The molecule has 2 rings (SSSR count). The first kappa shape index (κ1) is 13.1. The maximum Gasteiger partial charge on any atom is 0.310 e. The maximum atomic E-state index is 11.7. The lowest BCUT2D eigenvalue weighted by Crippen LogP contribution is -2.11. The van der Waals surface area contributed by atoms with Crippen LogP contribution in [0, 0.1) is 6.92 Å². The van der Waals surface area contributed by atoms with E-state index >= 15 is 0 Å². The van der Waals surface area contributed by atoms with Crippen LogP contribution in [0.3, 0.4) is 0 Å². The van der Waals surface area contributed by atoms with Gasteiger partial charge in [0.25, 0.3) is 0 Å². The number of esters is 1. The number of nitrogens with zero attached hydrogens (tertiary/aromatic N) is 3. The average molecular weight is 260 g/mol. The van der Waals surface area contributed by atoms with Gasteiger partial charge in [0.15, 0.2) is 12.4 Å². The highest BCUT2D eigenvalue weighted by atomic mass is 16.5. The third-order valence-corrected chi connectivity index (χ3v) is 2.93. The molecular formula is C13H16N4O2. The van der Waals surface area contributed by atoms with Crippen LogP contribution < -0.4 is 5.73 Å². The van der Waals surface area contributed by atoms with Gasteiger partial charge in [0.05, 0.1) is 6.42 Å². The van der Waals surface area contributed by atoms with E-state index < -0.39 is 0 Å². The molecule has 1 heterocycles. The number of carbonyl (C=O) groups is 1. The molecule has 6 nitrogen and oxygen atoms in total.